The van der Waals surface area contributed by atoms with Crippen LogP contribution in [0.25, 0.3) is 0 Å². The highest BCUT2D eigenvalue weighted by Gasteiger charge is 2.50. The molecule has 158 valence electrons. The Kier molecular flexibility index (Phi) is 6.22. The third kappa shape index (κ3) is 4.07. The Bertz CT molecular complexity index is 608. The monoisotopic (exact) mass is 413 g/mol. The van der Waals surface area contributed by atoms with Crippen molar-refractivity contribution >= 4 is 23.7 Å². The third-order valence-electron chi connectivity index (χ3n) is 6.36. The molecule has 4 N–H and O–H groups in total. The number of piperidine rings is 1. The van der Waals surface area contributed by atoms with Gasteiger partial charge in [-0.2, -0.15) is 0 Å². The van der Waals surface area contributed by atoms with Crippen LogP contribution in [-0.2, 0) is 9.53 Å². The zero-order chi connectivity index (χ0) is 19.8. The number of hydrogen-bond donors (Lipinski definition) is 3. The molecule has 3 saturated heterocycles. The summed E-state index contributed by atoms with van der Waals surface area (Å²) in [5.74, 6) is -0.506. The van der Waals surface area contributed by atoms with Gasteiger partial charge in [-0.05, 0) is 26.4 Å². The second-order valence-electron chi connectivity index (χ2n) is 8.40. The number of fused-ring (bicyclic) bond motifs is 1. The first-order valence-corrected chi connectivity index (χ1v) is 10.6. The first-order valence-electron chi connectivity index (χ1n) is 10.2. The van der Waals surface area contributed by atoms with E-state index in [0.717, 1.165) is 32.5 Å². The zero-order valence-corrected chi connectivity index (χ0v) is 17.4. The number of nitrogens with zero attached hydrogens (tertiary/aromatic N) is 4. The quantitative estimate of drug-likeness (QED) is 0.489. The molecule has 4 rings (SSSR count). The third-order valence-corrected chi connectivity index (χ3v) is 6.61. The molecular weight excluding hydrogens is 382 g/mol. The SMILES string of the molecule is CN1CC[C@@H](OC2CCNCC2NC(=O)C2C(N)N(C)N3CC(Cl)C=NC23)C1. The molecule has 1 amide bonds. The zero-order valence-electron chi connectivity index (χ0n) is 16.6. The lowest BCUT2D eigenvalue weighted by Gasteiger charge is -2.35. The first-order chi connectivity index (χ1) is 13.4. The van der Waals surface area contributed by atoms with Crippen molar-refractivity contribution < 1.29 is 9.53 Å². The Hall–Kier alpha value is -0.810. The van der Waals surface area contributed by atoms with E-state index in [1.165, 1.54) is 0 Å². The number of nitrogens with two attached hydrogens (primary N) is 1. The molecule has 4 aliphatic heterocycles. The van der Waals surface area contributed by atoms with Crippen molar-refractivity contribution in [2.45, 2.75) is 48.8 Å². The van der Waals surface area contributed by atoms with Gasteiger partial charge in [-0.3, -0.25) is 9.79 Å². The van der Waals surface area contributed by atoms with E-state index >= 15 is 0 Å². The molecule has 0 saturated carbocycles. The summed E-state index contributed by atoms with van der Waals surface area (Å²) < 4.78 is 6.37. The Morgan fingerprint density at radius 1 is 1.36 bits per heavy atom. The summed E-state index contributed by atoms with van der Waals surface area (Å²) in [6.07, 6.45) is 3.20. The topological polar surface area (TPSA) is 98.5 Å². The van der Waals surface area contributed by atoms with E-state index in [2.05, 4.69) is 27.6 Å². The Labute approximate surface area is 171 Å². The normalized spacial score (nSPS) is 42.6. The predicted octanol–water partition coefficient (Wildman–Crippen LogP) is -1.36. The summed E-state index contributed by atoms with van der Waals surface area (Å²) in [5.41, 5.74) is 6.37. The number of nitrogens with one attached hydrogen (secondary N) is 2. The fraction of sp³-hybridized carbons (Fsp3) is 0.889. The van der Waals surface area contributed by atoms with E-state index in [9.17, 15) is 4.79 Å². The van der Waals surface area contributed by atoms with E-state index in [-0.39, 0.29) is 35.7 Å². The summed E-state index contributed by atoms with van der Waals surface area (Å²) in [7, 11) is 4.00. The average Bonchev–Trinajstić information content (AvgIpc) is 3.18. The Balaban J connectivity index is 1.41. The van der Waals surface area contributed by atoms with Crippen LogP contribution >= 0.6 is 11.6 Å². The van der Waals surface area contributed by atoms with Gasteiger partial charge < -0.3 is 26.0 Å². The van der Waals surface area contributed by atoms with Gasteiger partial charge in [-0.15, -0.1) is 11.6 Å². The smallest absolute Gasteiger partial charge is 0.230 e. The molecule has 28 heavy (non-hydrogen) atoms. The van der Waals surface area contributed by atoms with Crippen molar-refractivity contribution in [3.8, 4) is 0 Å². The van der Waals surface area contributed by atoms with E-state index in [4.69, 9.17) is 22.1 Å². The minimum absolute atomic E-state index is 0.0234. The summed E-state index contributed by atoms with van der Waals surface area (Å²) in [4.78, 5) is 20.0. The number of likely N-dealkylation sites (tertiary alicyclic amines) is 1. The van der Waals surface area contributed by atoms with Gasteiger partial charge in [0.25, 0.3) is 0 Å². The molecule has 0 aliphatic carbocycles. The Morgan fingerprint density at radius 2 is 2.18 bits per heavy atom. The highest BCUT2D eigenvalue weighted by Crippen LogP contribution is 2.31. The number of amides is 1. The standard InChI is InChI=1S/C18H32ClN7O2/c1-24-6-4-12(10-24)28-14-3-5-21-8-13(14)23-18(27)15-16(20)25(2)26-9-11(19)7-22-17(15)26/h7,11-17,21H,3-6,8-10,20H2,1-2H3,(H,23,27)/t11?,12-,13?,14?,15?,16?,17?/m1/s1. The molecule has 0 aromatic heterocycles. The molecule has 0 aromatic rings. The molecule has 10 heteroatoms. The van der Waals surface area contributed by atoms with Crippen molar-refractivity contribution in [1.82, 2.24) is 25.6 Å². The van der Waals surface area contributed by atoms with Crippen molar-refractivity contribution in [2.24, 2.45) is 16.6 Å². The summed E-state index contributed by atoms with van der Waals surface area (Å²) >= 11 is 6.20. The van der Waals surface area contributed by atoms with Crippen LogP contribution in [0, 0.1) is 5.92 Å². The molecule has 0 bridgehead atoms. The number of alkyl halides is 1. The van der Waals surface area contributed by atoms with Gasteiger partial charge in [-0.25, -0.2) is 10.0 Å². The number of carbonyl (C=O) groups is 1. The van der Waals surface area contributed by atoms with Gasteiger partial charge in [0.05, 0.1) is 29.8 Å². The van der Waals surface area contributed by atoms with Crippen LogP contribution in [0.5, 0.6) is 0 Å². The average molecular weight is 414 g/mol. The van der Waals surface area contributed by atoms with E-state index in [1.807, 2.05) is 17.1 Å². The number of likely N-dealkylation sites (N-methyl/N-ethyl adjacent to an activating group) is 1. The molecule has 0 spiro atoms. The van der Waals surface area contributed by atoms with Crippen LogP contribution in [0.1, 0.15) is 12.8 Å². The second kappa shape index (κ2) is 8.51. The van der Waals surface area contributed by atoms with E-state index in [1.54, 1.807) is 6.21 Å². The second-order valence-corrected chi connectivity index (χ2v) is 8.96. The summed E-state index contributed by atoms with van der Waals surface area (Å²) in [5, 5.41) is 10.3. The van der Waals surface area contributed by atoms with E-state index in [0.29, 0.717) is 13.1 Å². The predicted molar refractivity (Wildman–Crippen MR) is 108 cm³/mol. The molecule has 7 atom stereocenters. The van der Waals surface area contributed by atoms with Gasteiger partial charge >= 0.3 is 0 Å². The molecular formula is C18H32ClN7O2. The molecule has 4 heterocycles. The van der Waals surface area contributed by atoms with Crippen molar-refractivity contribution in [3.05, 3.63) is 0 Å². The van der Waals surface area contributed by atoms with Crippen LogP contribution in [0.3, 0.4) is 0 Å². The summed E-state index contributed by atoms with van der Waals surface area (Å²) in [6, 6.07) is -0.0629. The first kappa shape index (κ1) is 20.5. The van der Waals surface area contributed by atoms with Crippen LogP contribution in [0.2, 0.25) is 0 Å². The highest BCUT2D eigenvalue weighted by atomic mass is 35.5. The molecule has 6 unspecified atom stereocenters. The molecule has 0 radical (unpaired) electrons. The lowest BCUT2D eigenvalue weighted by molar-refractivity contribution is -0.129. The lowest BCUT2D eigenvalue weighted by atomic mass is 9.99. The Morgan fingerprint density at radius 3 is 2.93 bits per heavy atom. The van der Waals surface area contributed by atoms with Crippen LogP contribution in [-0.4, -0.2) is 110 Å². The van der Waals surface area contributed by atoms with Crippen LogP contribution in [0.15, 0.2) is 4.99 Å². The number of ether oxygens (including phenoxy) is 1. The largest absolute Gasteiger partial charge is 0.371 e. The van der Waals surface area contributed by atoms with Gasteiger partial charge in [0, 0.05) is 39.4 Å². The molecule has 3 fully saturated rings. The van der Waals surface area contributed by atoms with E-state index < -0.39 is 12.1 Å². The number of rotatable bonds is 4. The minimum Gasteiger partial charge on any atom is -0.371 e. The lowest BCUT2D eigenvalue weighted by Crippen LogP contribution is -2.58. The van der Waals surface area contributed by atoms with Gasteiger partial charge in [0.15, 0.2) is 0 Å². The van der Waals surface area contributed by atoms with Gasteiger partial charge in [0.2, 0.25) is 5.91 Å². The van der Waals surface area contributed by atoms with Crippen LogP contribution < -0.4 is 16.4 Å². The minimum atomic E-state index is -0.439. The number of hydrazine groups is 1. The molecule has 4 aliphatic rings. The number of hydrogen-bond acceptors (Lipinski definition) is 8. The molecule has 0 aromatic carbocycles. The number of halogens is 1. The van der Waals surface area contributed by atoms with Gasteiger partial charge in [-0.1, -0.05) is 0 Å². The maximum Gasteiger partial charge on any atom is 0.230 e. The summed E-state index contributed by atoms with van der Waals surface area (Å²) in [6.45, 7) is 4.23. The number of aliphatic imine (C=N–C) groups is 1. The maximum absolute atomic E-state index is 13.2. The maximum atomic E-state index is 13.2. The van der Waals surface area contributed by atoms with Gasteiger partial charge in [0.1, 0.15) is 12.1 Å². The van der Waals surface area contributed by atoms with Crippen molar-refractivity contribution in [3.63, 3.8) is 0 Å². The molecule has 9 nitrogen and oxygen atoms in total. The van der Waals surface area contributed by atoms with Crippen molar-refractivity contribution in [1.29, 1.82) is 0 Å². The fourth-order valence-corrected chi connectivity index (χ4v) is 4.94. The number of carbonyl (C=O) groups excluding carboxylic acids is 1. The van der Waals surface area contributed by atoms with Crippen LogP contribution in [0.4, 0.5) is 0 Å². The fourth-order valence-electron chi connectivity index (χ4n) is 4.73. The van der Waals surface area contributed by atoms with Crippen molar-refractivity contribution in [2.75, 3.05) is 46.8 Å². The highest BCUT2D eigenvalue weighted by molar-refractivity contribution is 6.28.